The molecular weight excluding hydrogens is 442 g/mol. The Kier molecular flexibility index (Phi) is 7.03. The Morgan fingerprint density at radius 2 is 1.81 bits per heavy atom. The molecule has 8 heteroatoms. The molecule has 0 aliphatic heterocycles. The molecule has 0 bridgehead atoms. The number of hydrogen-bond acceptors (Lipinski definition) is 5. The lowest BCUT2D eigenvalue weighted by molar-refractivity contribution is -0.129. The quantitative estimate of drug-likeness (QED) is 0.410. The largest absolute Gasteiger partial charge is 0.272 e. The van der Waals surface area contributed by atoms with Crippen LogP contribution in [-0.4, -0.2) is 31.8 Å². The first-order valence-electron chi connectivity index (χ1n) is 10.4. The molecule has 1 aromatic heterocycles. The predicted molar refractivity (Wildman–Crippen MR) is 128 cm³/mol. The number of nitriles is 1. The third-order valence-corrected chi connectivity index (χ3v) is 7.81. The Morgan fingerprint density at radius 3 is 2.41 bits per heavy atom. The highest BCUT2D eigenvalue weighted by atomic mass is 32.2. The average Bonchev–Trinajstić information content (AvgIpc) is 3.16. The first-order chi connectivity index (χ1) is 15.1. The first-order valence-corrected chi connectivity index (χ1v) is 12.7. The highest BCUT2D eigenvalue weighted by Gasteiger charge is 2.30. The van der Waals surface area contributed by atoms with Crippen LogP contribution in [0, 0.1) is 11.5 Å². The van der Waals surface area contributed by atoms with Gasteiger partial charge < -0.3 is 0 Å². The van der Waals surface area contributed by atoms with Gasteiger partial charge in [0.25, 0.3) is 5.91 Å². The lowest BCUT2D eigenvalue weighted by Crippen LogP contribution is -2.48. The second kappa shape index (κ2) is 9.41. The summed E-state index contributed by atoms with van der Waals surface area (Å²) < 4.78 is 29.9. The molecule has 1 atom stereocenters. The van der Waals surface area contributed by atoms with Crippen molar-refractivity contribution < 1.29 is 13.2 Å². The van der Waals surface area contributed by atoms with Gasteiger partial charge >= 0.3 is 0 Å². The zero-order chi connectivity index (χ0) is 23.5. The minimum atomic E-state index is -3.98. The summed E-state index contributed by atoms with van der Waals surface area (Å²) in [4.78, 5) is 14.1. The van der Waals surface area contributed by atoms with Crippen LogP contribution in [0.15, 0.2) is 58.8 Å². The van der Waals surface area contributed by atoms with Crippen LogP contribution in [0.25, 0.3) is 10.1 Å². The van der Waals surface area contributed by atoms with Crippen LogP contribution in [0.2, 0.25) is 0 Å². The Bertz CT molecular complexity index is 1250. The molecule has 2 aromatic carbocycles. The van der Waals surface area contributed by atoms with Crippen molar-refractivity contribution in [3.63, 3.8) is 0 Å². The summed E-state index contributed by atoms with van der Waals surface area (Å²) in [5.41, 5.74) is 1.77. The number of nitrogens with one attached hydrogen (secondary N) is 1. The van der Waals surface area contributed by atoms with Gasteiger partial charge in [-0.3, -0.25) is 4.79 Å². The fraction of sp³-hybridized carbons (Fsp3) is 0.333. The van der Waals surface area contributed by atoms with E-state index in [1.54, 1.807) is 31.2 Å². The van der Waals surface area contributed by atoms with Gasteiger partial charge in [0.05, 0.1) is 4.90 Å². The maximum Gasteiger partial charge on any atom is 0.254 e. The zero-order valence-electron chi connectivity index (χ0n) is 18.6. The SMILES string of the molecule is CCN(C#N)C(=O)C(Cc1csc2ccccc12)NS(=O)(=O)c1ccc(C(C)(C)C)cc1. The number of thiophene rings is 1. The van der Waals surface area contributed by atoms with E-state index in [0.717, 1.165) is 26.1 Å². The van der Waals surface area contributed by atoms with Crippen LogP contribution in [0.5, 0.6) is 0 Å². The zero-order valence-corrected chi connectivity index (χ0v) is 20.3. The van der Waals surface area contributed by atoms with E-state index >= 15 is 0 Å². The van der Waals surface area contributed by atoms with Crippen molar-refractivity contribution in [1.29, 1.82) is 5.26 Å². The Morgan fingerprint density at radius 1 is 1.16 bits per heavy atom. The number of carbonyl (C=O) groups excluding carboxylic acids is 1. The summed E-state index contributed by atoms with van der Waals surface area (Å²) >= 11 is 1.54. The number of hydrogen-bond donors (Lipinski definition) is 1. The molecule has 0 radical (unpaired) electrons. The van der Waals surface area contributed by atoms with Crippen molar-refractivity contribution in [2.24, 2.45) is 0 Å². The van der Waals surface area contributed by atoms with E-state index in [1.807, 2.05) is 35.8 Å². The standard InChI is InChI=1S/C24H27N3O3S2/c1-5-27(16-25)23(28)21(14-17-15-31-22-9-7-6-8-20(17)22)26-32(29,30)19-12-10-18(11-13-19)24(2,3)4/h6-13,15,21,26H,5,14H2,1-4H3. The van der Waals surface area contributed by atoms with Gasteiger partial charge in [0.1, 0.15) is 6.04 Å². The maximum absolute atomic E-state index is 13.1. The van der Waals surface area contributed by atoms with Gasteiger partial charge in [-0.15, -0.1) is 11.3 Å². The molecule has 0 fully saturated rings. The van der Waals surface area contributed by atoms with Crippen molar-refractivity contribution in [2.45, 2.75) is 50.5 Å². The molecule has 1 N–H and O–H groups in total. The van der Waals surface area contributed by atoms with Crippen LogP contribution >= 0.6 is 11.3 Å². The van der Waals surface area contributed by atoms with Crippen LogP contribution in [-0.2, 0) is 26.7 Å². The molecule has 0 aliphatic carbocycles. The van der Waals surface area contributed by atoms with Gasteiger partial charge in [0.2, 0.25) is 10.0 Å². The van der Waals surface area contributed by atoms with Gasteiger partial charge in [0.15, 0.2) is 6.19 Å². The molecule has 6 nitrogen and oxygen atoms in total. The lowest BCUT2D eigenvalue weighted by atomic mass is 9.87. The molecule has 0 saturated carbocycles. The van der Waals surface area contributed by atoms with E-state index in [1.165, 1.54) is 11.3 Å². The van der Waals surface area contributed by atoms with Crippen LogP contribution in [0.1, 0.15) is 38.8 Å². The number of fused-ring (bicyclic) bond motifs is 1. The highest BCUT2D eigenvalue weighted by Crippen LogP contribution is 2.27. The summed E-state index contributed by atoms with van der Waals surface area (Å²) in [7, 11) is -3.98. The van der Waals surface area contributed by atoms with E-state index in [2.05, 4.69) is 25.5 Å². The Labute approximate surface area is 193 Å². The van der Waals surface area contributed by atoms with Crippen LogP contribution < -0.4 is 4.72 Å². The summed E-state index contributed by atoms with van der Waals surface area (Å²) in [6.07, 6.45) is 2.00. The number of likely N-dealkylation sites (N-methyl/N-ethyl adjacent to an activating group) is 1. The highest BCUT2D eigenvalue weighted by molar-refractivity contribution is 7.89. The topological polar surface area (TPSA) is 90.3 Å². The second-order valence-electron chi connectivity index (χ2n) is 8.59. The van der Waals surface area contributed by atoms with Gasteiger partial charge in [-0.1, -0.05) is 51.1 Å². The fourth-order valence-corrected chi connectivity index (χ4v) is 5.61. The molecule has 0 aliphatic rings. The number of rotatable bonds is 7. The first kappa shape index (κ1) is 23.9. The van der Waals surface area contributed by atoms with Crippen molar-refractivity contribution in [3.8, 4) is 6.19 Å². The molecule has 3 rings (SSSR count). The second-order valence-corrected chi connectivity index (χ2v) is 11.2. The summed E-state index contributed by atoms with van der Waals surface area (Å²) in [6, 6.07) is 13.3. The molecule has 32 heavy (non-hydrogen) atoms. The maximum atomic E-state index is 13.1. The Hall–Kier alpha value is -2.73. The number of nitrogens with zero attached hydrogens (tertiary/aromatic N) is 2. The third kappa shape index (κ3) is 5.18. The van der Waals surface area contributed by atoms with Crippen molar-refractivity contribution in [3.05, 3.63) is 65.0 Å². The van der Waals surface area contributed by atoms with Gasteiger partial charge in [0, 0.05) is 11.2 Å². The third-order valence-electron chi connectivity index (χ3n) is 5.31. The molecule has 0 spiro atoms. The van der Waals surface area contributed by atoms with Crippen molar-refractivity contribution >= 4 is 37.4 Å². The molecule has 1 unspecified atom stereocenters. The molecule has 0 saturated heterocycles. The minimum Gasteiger partial charge on any atom is -0.272 e. The Balaban J connectivity index is 1.94. The number of carbonyl (C=O) groups is 1. The minimum absolute atomic E-state index is 0.0819. The van der Waals surface area contributed by atoms with Gasteiger partial charge in [-0.25, -0.2) is 13.3 Å². The van der Waals surface area contributed by atoms with Crippen molar-refractivity contribution in [1.82, 2.24) is 9.62 Å². The van der Waals surface area contributed by atoms with E-state index in [0.29, 0.717) is 0 Å². The van der Waals surface area contributed by atoms with Crippen molar-refractivity contribution in [2.75, 3.05) is 6.54 Å². The van der Waals surface area contributed by atoms with E-state index in [9.17, 15) is 18.5 Å². The molecule has 168 valence electrons. The number of amides is 1. The van der Waals surface area contributed by atoms with E-state index < -0.39 is 22.0 Å². The van der Waals surface area contributed by atoms with E-state index in [4.69, 9.17) is 0 Å². The predicted octanol–water partition coefficient (Wildman–Crippen LogP) is 4.42. The monoisotopic (exact) mass is 469 g/mol. The van der Waals surface area contributed by atoms with Crippen LogP contribution in [0.3, 0.4) is 0 Å². The molecular formula is C24H27N3O3S2. The lowest BCUT2D eigenvalue weighted by Gasteiger charge is -2.22. The molecule has 3 aromatic rings. The average molecular weight is 470 g/mol. The molecule has 1 amide bonds. The van der Waals surface area contributed by atoms with Gasteiger partial charge in [-0.05, 0) is 58.9 Å². The number of benzene rings is 2. The summed E-state index contributed by atoms with van der Waals surface area (Å²) in [6.45, 7) is 8.00. The summed E-state index contributed by atoms with van der Waals surface area (Å²) in [5.74, 6) is -0.569. The number of sulfonamides is 1. The van der Waals surface area contributed by atoms with Gasteiger partial charge in [-0.2, -0.15) is 9.98 Å². The smallest absolute Gasteiger partial charge is 0.254 e. The molecule has 1 heterocycles. The van der Waals surface area contributed by atoms with Crippen LogP contribution in [0.4, 0.5) is 0 Å². The summed E-state index contributed by atoms with van der Waals surface area (Å²) in [5, 5.41) is 12.3. The fourth-order valence-electron chi connectivity index (χ4n) is 3.44. The van der Waals surface area contributed by atoms with E-state index in [-0.39, 0.29) is 23.3 Å². The normalized spacial score (nSPS) is 13.0.